The Hall–Kier alpha value is -1.28. The molecule has 0 aliphatic carbocycles. The van der Waals surface area contributed by atoms with Gasteiger partial charge < -0.3 is 14.3 Å². The van der Waals surface area contributed by atoms with Crippen molar-refractivity contribution in [2.45, 2.75) is 91.3 Å². The van der Waals surface area contributed by atoms with E-state index in [1.54, 1.807) is 11.8 Å². The van der Waals surface area contributed by atoms with Crippen LogP contribution in [0.1, 0.15) is 54.0 Å². The number of amides is 1. The fourth-order valence-corrected chi connectivity index (χ4v) is 5.98. The number of carbonyl (C=O) groups excluding carboxylic acids is 1. The van der Waals surface area contributed by atoms with Gasteiger partial charge >= 0.3 is 0 Å². The zero-order valence-electron chi connectivity index (χ0n) is 21.8. The van der Waals surface area contributed by atoms with E-state index in [0.717, 1.165) is 5.56 Å². The number of thiocarbonyl (C=S) groups is 1. The molecule has 1 fully saturated rings. The fourth-order valence-electron chi connectivity index (χ4n) is 4.15. The third kappa shape index (κ3) is 6.65. The lowest BCUT2D eigenvalue weighted by molar-refractivity contribution is -0.138. The van der Waals surface area contributed by atoms with Crippen LogP contribution >= 0.6 is 12.2 Å². The molecule has 1 aromatic rings. The summed E-state index contributed by atoms with van der Waals surface area (Å²) in [5, 5.41) is 11.6. The van der Waals surface area contributed by atoms with E-state index in [1.807, 2.05) is 37.3 Å². The number of benzene rings is 1. The first-order chi connectivity index (χ1) is 15.2. The fraction of sp³-hybridized carbons (Fsp3) is 0.692. The Morgan fingerprint density at radius 2 is 1.79 bits per heavy atom. The lowest BCUT2D eigenvalue weighted by atomic mass is 9.84. The average molecular weight is 494 g/mol. The van der Waals surface area contributed by atoms with Gasteiger partial charge in [-0.25, -0.2) is 0 Å². The van der Waals surface area contributed by atoms with Crippen LogP contribution in [0.5, 0.6) is 0 Å². The van der Waals surface area contributed by atoms with Crippen molar-refractivity contribution in [1.82, 2.24) is 4.90 Å². The van der Waals surface area contributed by atoms with E-state index in [0.29, 0.717) is 13.0 Å². The summed E-state index contributed by atoms with van der Waals surface area (Å²) in [6.45, 7) is 19.5. The molecule has 1 aliphatic heterocycles. The van der Waals surface area contributed by atoms with Crippen molar-refractivity contribution in [3.8, 4) is 0 Å². The summed E-state index contributed by atoms with van der Waals surface area (Å²) in [7, 11) is -2.04. The van der Waals surface area contributed by atoms with Crippen LogP contribution in [0.15, 0.2) is 30.3 Å². The summed E-state index contributed by atoms with van der Waals surface area (Å²) >= 11 is 5.37. The zero-order chi connectivity index (χ0) is 25.1. The van der Waals surface area contributed by atoms with Crippen LogP contribution in [0, 0.1) is 17.8 Å². The van der Waals surface area contributed by atoms with Crippen LogP contribution in [0.3, 0.4) is 0 Å². The van der Waals surface area contributed by atoms with Crippen molar-refractivity contribution in [3.63, 3.8) is 0 Å². The minimum atomic E-state index is -2.04. The molecular formula is C26H43NO4SSi. The largest absolute Gasteiger partial charge is 0.468 e. The second-order valence-electron chi connectivity index (χ2n) is 11.4. The molecule has 186 valence electrons. The predicted molar refractivity (Wildman–Crippen MR) is 141 cm³/mol. The van der Waals surface area contributed by atoms with E-state index in [-0.39, 0.29) is 40.1 Å². The Morgan fingerprint density at radius 1 is 1.21 bits per heavy atom. The van der Waals surface area contributed by atoms with Gasteiger partial charge in [0.2, 0.25) is 5.91 Å². The summed E-state index contributed by atoms with van der Waals surface area (Å²) in [6, 6.07) is 9.85. The predicted octanol–water partition coefficient (Wildman–Crippen LogP) is 5.42. The van der Waals surface area contributed by atoms with Crippen molar-refractivity contribution in [2.75, 3.05) is 6.61 Å². The van der Waals surface area contributed by atoms with Gasteiger partial charge in [0.05, 0.1) is 24.2 Å². The summed E-state index contributed by atoms with van der Waals surface area (Å²) in [6.07, 6.45) is -0.331. The van der Waals surface area contributed by atoms with Crippen LogP contribution in [0.2, 0.25) is 18.1 Å². The first-order valence-corrected chi connectivity index (χ1v) is 15.4. The monoisotopic (exact) mass is 493 g/mol. The molecule has 0 unspecified atom stereocenters. The molecular weight excluding hydrogens is 450 g/mol. The minimum absolute atomic E-state index is 0.0655. The zero-order valence-corrected chi connectivity index (χ0v) is 23.6. The molecule has 5 nitrogen and oxygen atoms in total. The third-order valence-electron chi connectivity index (χ3n) is 7.37. The summed E-state index contributed by atoms with van der Waals surface area (Å²) < 4.78 is 12.3. The van der Waals surface area contributed by atoms with Gasteiger partial charge in [-0.3, -0.25) is 9.69 Å². The van der Waals surface area contributed by atoms with Gasteiger partial charge in [0.1, 0.15) is 6.61 Å². The molecule has 1 heterocycles. The van der Waals surface area contributed by atoms with Gasteiger partial charge in [-0.15, -0.1) is 0 Å². The second kappa shape index (κ2) is 11.0. The molecule has 1 aliphatic rings. The maximum Gasteiger partial charge on any atom is 0.266 e. The first-order valence-electron chi connectivity index (χ1n) is 12.1. The molecule has 33 heavy (non-hydrogen) atoms. The summed E-state index contributed by atoms with van der Waals surface area (Å²) in [5.41, 5.74) is 1.12. The van der Waals surface area contributed by atoms with Gasteiger partial charge in [-0.05, 0) is 48.3 Å². The maximum absolute atomic E-state index is 13.5. The Balaban J connectivity index is 2.17. The number of aliphatic hydroxyl groups is 1. The molecule has 2 rings (SSSR count). The lowest BCUT2D eigenvalue weighted by Crippen LogP contribution is -2.52. The normalized spacial score (nSPS) is 21.0. The first kappa shape index (κ1) is 28.0. The molecule has 0 bridgehead atoms. The van der Waals surface area contributed by atoms with Gasteiger partial charge in [0.15, 0.2) is 8.32 Å². The molecule has 0 aromatic heterocycles. The third-order valence-corrected chi connectivity index (χ3v) is 12.2. The topological polar surface area (TPSA) is 59.0 Å². The van der Waals surface area contributed by atoms with Crippen molar-refractivity contribution in [3.05, 3.63) is 35.9 Å². The SMILES string of the molecule is CC(C)[C@H](O[Si](C)(C)C(C)(C)C)[C@@H](C)[C@H](O)[C@@H](C)C(=O)N1C(=S)OC[C@H]1Cc1ccccc1. The number of hydrogen-bond acceptors (Lipinski definition) is 5. The van der Waals surface area contributed by atoms with E-state index in [9.17, 15) is 9.90 Å². The highest BCUT2D eigenvalue weighted by molar-refractivity contribution is 7.80. The second-order valence-corrected chi connectivity index (χ2v) is 16.5. The van der Waals surface area contributed by atoms with Crippen LogP contribution < -0.4 is 0 Å². The minimum Gasteiger partial charge on any atom is -0.468 e. The quantitative estimate of drug-likeness (QED) is 0.368. The van der Waals surface area contributed by atoms with Crippen LogP contribution in [0.4, 0.5) is 0 Å². The smallest absolute Gasteiger partial charge is 0.266 e. The van der Waals surface area contributed by atoms with E-state index in [1.165, 1.54) is 0 Å². The van der Waals surface area contributed by atoms with E-state index in [4.69, 9.17) is 21.4 Å². The molecule has 0 saturated carbocycles. The van der Waals surface area contributed by atoms with E-state index in [2.05, 4.69) is 47.7 Å². The lowest BCUT2D eigenvalue weighted by Gasteiger charge is -2.43. The molecule has 5 atom stereocenters. The number of rotatable bonds is 9. The maximum atomic E-state index is 13.5. The Morgan fingerprint density at radius 3 is 2.30 bits per heavy atom. The van der Waals surface area contributed by atoms with Crippen molar-refractivity contribution >= 4 is 31.6 Å². The molecule has 0 radical (unpaired) electrons. The number of nitrogens with zero attached hydrogens (tertiary/aromatic N) is 1. The van der Waals surface area contributed by atoms with Crippen LogP contribution in [0.25, 0.3) is 0 Å². The Labute approximate surface area is 207 Å². The molecule has 1 N–H and O–H groups in total. The highest BCUT2D eigenvalue weighted by Crippen LogP contribution is 2.40. The molecule has 1 amide bonds. The average Bonchev–Trinajstić information content (AvgIpc) is 3.09. The Kier molecular flexibility index (Phi) is 9.30. The molecule has 1 saturated heterocycles. The number of aliphatic hydroxyl groups excluding tert-OH is 1. The van der Waals surface area contributed by atoms with Gasteiger partial charge in [-0.2, -0.15) is 0 Å². The van der Waals surface area contributed by atoms with Crippen LogP contribution in [-0.2, 0) is 20.4 Å². The van der Waals surface area contributed by atoms with E-state index >= 15 is 0 Å². The molecule has 0 spiro atoms. The Bertz CT molecular complexity index is 808. The number of ether oxygens (including phenoxy) is 1. The highest BCUT2D eigenvalue weighted by Gasteiger charge is 2.45. The highest BCUT2D eigenvalue weighted by atomic mass is 32.1. The van der Waals surface area contributed by atoms with E-state index < -0.39 is 20.3 Å². The number of carbonyl (C=O) groups is 1. The summed E-state index contributed by atoms with van der Waals surface area (Å²) in [5.74, 6) is -0.800. The standard InChI is InChI=1S/C26H43NO4SSi/c1-17(2)23(31-33(8,9)26(5,6)7)18(3)22(28)19(4)24(29)27-21(16-30-25(27)32)15-20-13-11-10-12-14-20/h10-14,17-19,21-23,28H,15-16H2,1-9H3/t18-,19+,21+,22-,23-/m0/s1. The van der Waals surface area contributed by atoms with Gasteiger partial charge in [-0.1, -0.05) is 78.8 Å². The van der Waals surface area contributed by atoms with Crippen molar-refractivity contribution in [1.29, 1.82) is 0 Å². The molecule has 7 heteroatoms. The summed E-state index contributed by atoms with van der Waals surface area (Å²) in [4.78, 5) is 15.1. The van der Waals surface area contributed by atoms with Gasteiger partial charge in [0.25, 0.3) is 5.17 Å². The van der Waals surface area contributed by atoms with Crippen molar-refractivity contribution < 1.29 is 19.1 Å². The number of hydrogen-bond donors (Lipinski definition) is 1. The van der Waals surface area contributed by atoms with Crippen molar-refractivity contribution in [2.24, 2.45) is 17.8 Å². The molecule has 1 aromatic carbocycles. The van der Waals surface area contributed by atoms with Crippen LogP contribution in [-0.4, -0.2) is 54.3 Å². The van der Waals surface area contributed by atoms with Gasteiger partial charge in [0, 0.05) is 5.92 Å².